The van der Waals surface area contributed by atoms with Crippen LogP contribution < -0.4 is 0 Å². The van der Waals surface area contributed by atoms with Gasteiger partial charge in [0.1, 0.15) is 0 Å². The van der Waals surface area contributed by atoms with E-state index in [1.165, 1.54) is 68.2 Å². The number of thioether (sulfide) groups is 1. The molecule has 0 aliphatic carbocycles. The minimum absolute atomic E-state index is 0.551. The molecule has 0 saturated heterocycles. The lowest BCUT2D eigenvalue weighted by atomic mass is 10.1. The zero-order chi connectivity index (χ0) is 21.4. The summed E-state index contributed by atoms with van der Waals surface area (Å²) in [5, 5.41) is 0.551. The zero-order valence-electron chi connectivity index (χ0n) is 19.6. The van der Waals surface area contributed by atoms with Crippen molar-refractivity contribution in [1.29, 1.82) is 0 Å². The summed E-state index contributed by atoms with van der Waals surface area (Å²) in [6.07, 6.45) is 11.2. The van der Waals surface area contributed by atoms with E-state index < -0.39 is 0 Å². The molecule has 2 heteroatoms. The van der Waals surface area contributed by atoms with Gasteiger partial charge < -0.3 is 0 Å². The van der Waals surface area contributed by atoms with Crippen LogP contribution in [-0.4, -0.2) is 16.0 Å². The van der Waals surface area contributed by atoms with Gasteiger partial charge in [-0.1, -0.05) is 126 Å². The maximum atomic E-state index is 2.69. The van der Waals surface area contributed by atoms with Crippen LogP contribution in [0.3, 0.4) is 0 Å². The van der Waals surface area contributed by atoms with Crippen LogP contribution in [0.2, 0.25) is 0 Å². The Hall–Kier alpha value is -1.25. The van der Waals surface area contributed by atoms with Crippen molar-refractivity contribution in [3.05, 3.63) is 71.8 Å². The summed E-state index contributed by atoms with van der Waals surface area (Å²) in [6.45, 7) is 9.09. The molecule has 2 aromatic rings. The van der Waals surface area contributed by atoms with Crippen LogP contribution in [0.5, 0.6) is 0 Å². The lowest BCUT2D eigenvalue weighted by Gasteiger charge is -2.34. The van der Waals surface area contributed by atoms with Gasteiger partial charge in [-0.05, 0) is 29.2 Å². The van der Waals surface area contributed by atoms with E-state index in [0.717, 1.165) is 13.1 Å². The summed E-state index contributed by atoms with van der Waals surface area (Å²) < 4.78 is 0. The van der Waals surface area contributed by atoms with E-state index in [1.54, 1.807) is 0 Å². The van der Waals surface area contributed by atoms with Crippen LogP contribution in [0, 0.1) is 5.92 Å². The van der Waals surface area contributed by atoms with E-state index in [-0.39, 0.29) is 0 Å². The number of hydrogen-bond donors (Lipinski definition) is 0. The van der Waals surface area contributed by atoms with Gasteiger partial charge in [-0.15, -0.1) is 11.8 Å². The van der Waals surface area contributed by atoms with Gasteiger partial charge in [0, 0.05) is 13.1 Å². The van der Waals surface area contributed by atoms with E-state index in [2.05, 4.69) is 98.1 Å². The summed E-state index contributed by atoms with van der Waals surface area (Å²) in [7, 11) is 0. The van der Waals surface area contributed by atoms with Gasteiger partial charge in [0.2, 0.25) is 0 Å². The first-order valence-corrected chi connectivity index (χ1v) is 13.2. The molecule has 0 aliphatic heterocycles. The highest BCUT2D eigenvalue weighted by Crippen LogP contribution is 2.28. The smallest absolute Gasteiger partial charge is 0.0586 e. The van der Waals surface area contributed by atoms with Crippen molar-refractivity contribution < 1.29 is 0 Å². The van der Waals surface area contributed by atoms with Gasteiger partial charge in [-0.2, -0.15) is 0 Å². The monoisotopic (exact) mass is 425 g/mol. The van der Waals surface area contributed by atoms with Crippen LogP contribution in [0.1, 0.15) is 83.3 Å². The predicted molar refractivity (Wildman–Crippen MR) is 136 cm³/mol. The first-order chi connectivity index (χ1) is 14.7. The third-order valence-corrected chi connectivity index (χ3v) is 7.38. The molecule has 0 saturated carbocycles. The average Bonchev–Trinajstić information content (AvgIpc) is 2.76. The second kappa shape index (κ2) is 15.5. The van der Waals surface area contributed by atoms with Crippen molar-refractivity contribution in [1.82, 2.24) is 4.90 Å². The molecule has 0 aliphatic rings. The molecular formula is C28H43NS. The normalized spacial score (nSPS) is 12.6. The number of benzene rings is 2. The highest BCUT2D eigenvalue weighted by Gasteiger charge is 2.22. The fourth-order valence-electron chi connectivity index (χ4n) is 4.03. The van der Waals surface area contributed by atoms with E-state index >= 15 is 0 Å². The summed E-state index contributed by atoms with van der Waals surface area (Å²) in [5.41, 5.74) is 2.82. The van der Waals surface area contributed by atoms with Crippen molar-refractivity contribution in [2.45, 2.75) is 90.6 Å². The number of hydrogen-bond acceptors (Lipinski definition) is 2. The van der Waals surface area contributed by atoms with Crippen LogP contribution in [0.4, 0.5) is 0 Å². The molecule has 1 unspecified atom stereocenters. The Kier molecular flexibility index (Phi) is 13.0. The van der Waals surface area contributed by atoms with E-state index in [1.807, 2.05) is 0 Å². The zero-order valence-corrected chi connectivity index (χ0v) is 20.4. The topological polar surface area (TPSA) is 3.24 Å². The van der Waals surface area contributed by atoms with Crippen molar-refractivity contribution in [2.24, 2.45) is 5.92 Å². The summed E-state index contributed by atoms with van der Waals surface area (Å²) in [5.74, 6) is 1.91. The molecule has 0 fully saturated rings. The van der Waals surface area contributed by atoms with Gasteiger partial charge in [0.15, 0.2) is 0 Å². The quantitative estimate of drug-likeness (QED) is 0.196. The molecule has 1 atom stereocenters. The second-order valence-corrected chi connectivity index (χ2v) is 10.1. The molecular weight excluding hydrogens is 382 g/mol. The molecule has 0 radical (unpaired) electrons. The number of rotatable bonds is 16. The number of unbranched alkanes of at least 4 members (excludes halogenated alkanes) is 7. The molecule has 2 rings (SSSR count). The van der Waals surface area contributed by atoms with E-state index in [0.29, 0.717) is 11.3 Å². The van der Waals surface area contributed by atoms with E-state index in [4.69, 9.17) is 0 Å². The minimum atomic E-state index is 0.551. The molecule has 0 aromatic heterocycles. The SMILES string of the molecule is CCCCCCCCCCSC(C(C)C)N(Cc1ccccc1)Cc1ccccc1. The molecule has 0 heterocycles. The van der Waals surface area contributed by atoms with E-state index in [9.17, 15) is 0 Å². The average molecular weight is 426 g/mol. The van der Waals surface area contributed by atoms with Gasteiger partial charge in [0.05, 0.1) is 5.37 Å². The minimum Gasteiger partial charge on any atom is -0.283 e. The molecule has 1 nitrogen and oxygen atoms in total. The first-order valence-electron chi connectivity index (χ1n) is 12.1. The molecule has 2 aromatic carbocycles. The highest BCUT2D eigenvalue weighted by molar-refractivity contribution is 7.99. The van der Waals surface area contributed by atoms with Crippen molar-refractivity contribution in [3.8, 4) is 0 Å². The highest BCUT2D eigenvalue weighted by atomic mass is 32.2. The number of nitrogens with zero attached hydrogens (tertiary/aromatic N) is 1. The Labute approximate surface area is 190 Å². The lowest BCUT2D eigenvalue weighted by molar-refractivity contribution is 0.202. The summed E-state index contributed by atoms with van der Waals surface area (Å²) in [4.78, 5) is 2.69. The molecule has 30 heavy (non-hydrogen) atoms. The van der Waals surface area contributed by atoms with Gasteiger partial charge in [-0.3, -0.25) is 4.90 Å². The van der Waals surface area contributed by atoms with Crippen LogP contribution >= 0.6 is 11.8 Å². The third-order valence-electron chi connectivity index (χ3n) is 5.67. The Morgan fingerprint density at radius 3 is 1.60 bits per heavy atom. The van der Waals surface area contributed by atoms with Gasteiger partial charge in [0.25, 0.3) is 0 Å². The van der Waals surface area contributed by atoms with Gasteiger partial charge >= 0.3 is 0 Å². The van der Waals surface area contributed by atoms with Crippen LogP contribution in [0.15, 0.2) is 60.7 Å². The maximum Gasteiger partial charge on any atom is 0.0586 e. The second-order valence-electron chi connectivity index (χ2n) is 8.86. The Bertz CT molecular complexity index is 599. The Balaban J connectivity index is 1.88. The Morgan fingerprint density at radius 2 is 1.13 bits per heavy atom. The summed E-state index contributed by atoms with van der Waals surface area (Å²) >= 11 is 2.17. The Morgan fingerprint density at radius 1 is 0.667 bits per heavy atom. The maximum absolute atomic E-state index is 2.69. The third kappa shape index (κ3) is 10.2. The van der Waals surface area contributed by atoms with Crippen LogP contribution in [-0.2, 0) is 13.1 Å². The molecule has 166 valence electrons. The fraction of sp³-hybridized carbons (Fsp3) is 0.571. The molecule has 0 amide bonds. The first kappa shape index (κ1) is 25.0. The largest absolute Gasteiger partial charge is 0.283 e. The van der Waals surface area contributed by atoms with Crippen molar-refractivity contribution in [2.75, 3.05) is 5.75 Å². The van der Waals surface area contributed by atoms with Crippen molar-refractivity contribution in [3.63, 3.8) is 0 Å². The molecule has 0 bridgehead atoms. The van der Waals surface area contributed by atoms with Crippen LogP contribution in [0.25, 0.3) is 0 Å². The fourth-order valence-corrected chi connectivity index (χ4v) is 5.39. The van der Waals surface area contributed by atoms with Gasteiger partial charge in [-0.25, -0.2) is 0 Å². The summed E-state index contributed by atoms with van der Waals surface area (Å²) in [6, 6.07) is 21.9. The molecule has 0 spiro atoms. The lowest BCUT2D eigenvalue weighted by Crippen LogP contribution is -2.36. The van der Waals surface area contributed by atoms with Crippen molar-refractivity contribution >= 4 is 11.8 Å². The predicted octanol–water partition coefficient (Wildman–Crippen LogP) is 8.54. The standard InChI is InChI=1S/C28H43NS/c1-4-5-6-7-8-9-10-17-22-30-28(25(2)3)29(23-26-18-13-11-14-19-26)24-27-20-15-12-16-21-27/h11-16,18-21,25,28H,4-10,17,22-24H2,1-3H3. The molecule has 0 N–H and O–H groups in total.